The quantitative estimate of drug-likeness (QED) is 0.606. The summed E-state index contributed by atoms with van der Waals surface area (Å²) in [4.78, 5) is 30.5. The second-order valence-corrected chi connectivity index (χ2v) is 5.46. The van der Waals surface area contributed by atoms with E-state index in [4.69, 9.17) is 4.74 Å². The van der Waals surface area contributed by atoms with Gasteiger partial charge in [-0.25, -0.2) is 4.98 Å². The van der Waals surface area contributed by atoms with Crippen LogP contribution < -0.4 is 4.90 Å². The molecule has 0 unspecified atom stereocenters. The predicted octanol–water partition coefficient (Wildman–Crippen LogP) is 0.817. The second kappa shape index (κ2) is 6.27. The molecule has 0 aliphatic carbocycles. The van der Waals surface area contributed by atoms with Gasteiger partial charge in [-0.1, -0.05) is 0 Å². The van der Waals surface area contributed by atoms with Crippen LogP contribution in [-0.4, -0.2) is 59.6 Å². The number of carbonyl (C=O) groups excluding carboxylic acids is 1. The Morgan fingerprint density at radius 1 is 1.32 bits per heavy atom. The predicted molar refractivity (Wildman–Crippen MR) is 78.7 cm³/mol. The summed E-state index contributed by atoms with van der Waals surface area (Å²) >= 11 is 0. The van der Waals surface area contributed by atoms with Crippen molar-refractivity contribution in [2.75, 3.05) is 37.7 Å². The maximum absolute atomic E-state index is 11.9. The van der Waals surface area contributed by atoms with Gasteiger partial charge in [-0.05, 0) is 18.9 Å². The first-order valence-electron chi connectivity index (χ1n) is 7.38. The fourth-order valence-electron chi connectivity index (χ4n) is 3.08. The van der Waals surface area contributed by atoms with Crippen molar-refractivity contribution in [3.63, 3.8) is 0 Å². The molecule has 0 bridgehead atoms. The number of hydrogen-bond donors (Lipinski definition) is 0. The second-order valence-electron chi connectivity index (χ2n) is 5.46. The van der Waals surface area contributed by atoms with Gasteiger partial charge in [-0.3, -0.25) is 14.9 Å². The molecule has 2 aliphatic rings. The van der Waals surface area contributed by atoms with E-state index in [0.717, 1.165) is 12.8 Å². The van der Waals surface area contributed by atoms with Crippen LogP contribution in [0.2, 0.25) is 0 Å². The molecule has 3 heterocycles. The van der Waals surface area contributed by atoms with Gasteiger partial charge >= 0.3 is 5.69 Å². The minimum Gasteiger partial charge on any atom is -0.370 e. The molecule has 118 valence electrons. The van der Waals surface area contributed by atoms with Crippen LogP contribution in [0.25, 0.3) is 0 Å². The first-order valence-corrected chi connectivity index (χ1v) is 7.38. The normalized spacial score (nSPS) is 20.3. The molecular formula is C14H18N4O4. The van der Waals surface area contributed by atoms with Gasteiger partial charge in [0.05, 0.1) is 11.5 Å². The summed E-state index contributed by atoms with van der Waals surface area (Å²) in [5.41, 5.74) is 0.0309. The Labute approximate surface area is 127 Å². The first-order chi connectivity index (χ1) is 10.7. The van der Waals surface area contributed by atoms with Gasteiger partial charge in [-0.2, -0.15) is 0 Å². The standard InChI is InChI=1S/C14H18N4O4/c19-13-10-22-9-8-17(13)11-3-6-16(7-4-11)14-12(18(20)21)2-1-5-15-14/h1-2,5,11H,3-4,6-10H2. The minimum absolute atomic E-state index is 0.0309. The molecule has 2 fully saturated rings. The summed E-state index contributed by atoms with van der Waals surface area (Å²) < 4.78 is 5.15. The zero-order chi connectivity index (χ0) is 15.5. The van der Waals surface area contributed by atoms with Gasteiger partial charge in [0, 0.05) is 37.9 Å². The number of rotatable bonds is 3. The van der Waals surface area contributed by atoms with Crippen molar-refractivity contribution in [3.8, 4) is 0 Å². The molecule has 1 aromatic rings. The monoisotopic (exact) mass is 306 g/mol. The highest BCUT2D eigenvalue weighted by molar-refractivity contribution is 5.78. The summed E-state index contributed by atoms with van der Waals surface area (Å²) in [5.74, 6) is 0.452. The Balaban J connectivity index is 1.67. The fourth-order valence-corrected chi connectivity index (χ4v) is 3.08. The number of hydrogen-bond acceptors (Lipinski definition) is 6. The molecule has 0 aromatic carbocycles. The van der Waals surface area contributed by atoms with E-state index >= 15 is 0 Å². The highest BCUT2D eigenvalue weighted by Gasteiger charge is 2.31. The molecule has 0 atom stereocenters. The van der Waals surface area contributed by atoms with E-state index in [1.165, 1.54) is 6.07 Å². The largest absolute Gasteiger partial charge is 0.370 e. The third-order valence-electron chi connectivity index (χ3n) is 4.19. The van der Waals surface area contributed by atoms with Crippen molar-refractivity contribution < 1.29 is 14.5 Å². The molecule has 8 nitrogen and oxygen atoms in total. The Morgan fingerprint density at radius 3 is 2.77 bits per heavy atom. The molecule has 2 saturated heterocycles. The van der Waals surface area contributed by atoms with E-state index in [2.05, 4.69) is 4.98 Å². The van der Waals surface area contributed by atoms with Crippen molar-refractivity contribution in [2.45, 2.75) is 18.9 Å². The molecule has 0 saturated carbocycles. The Bertz CT molecular complexity index is 572. The number of morpholine rings is 1. The molecule has 3 rings (SSSR count). The number of ether oxygens (including phenoxy) is 1. The first kappa shape index (κ1) is 14.7. The Hall–Kier alpha value is -2.22. The van der Waals surface area contributed by atoms with Gasteiger partial charge in [0.1, 0.15) is 6.61 Å². The maximum Gasteiger partial charge on any atom is 0.311 e. The van der Waals surface area contributed by atoms with Crippen LogP contribution in [0.3, 0.4) is 0 Å². The summed E-state index contributed by atoms with van der Waals surface area (Å²) in [6.07, 6.45) is 3.15. The lowest BCUT2D eigenvalue weighted by atomic mass is 10.0. The minimum atomic E-state index is -0.403. The smallest absolute Gasteiger partial charge is 0.311 e. The van der Waals surface area contributed by atoms with E-state index in [9.17, 15) is 14.9 Å². The number of piperidine rings is 1. The molecule has 8 heteroatoms. The molecule has 0 radical (unpaired) electrons. The van der Waals surface area contributed by atoms with Crippen molar-refractivity contribution in [2.24, 2.45) is 0 Å². The number of amides is 1. The topological polar surface area (TPSA) is 88.8 Å². The van der Waals surface area contributed by atoms with E-state index in [-0.39, 0.29) is 24.2 Å². The molecule has 1 amide bonds. The summed E-state index contributed by atoms with van der Waals surface area (Å²) in [7, 11) is 0. The Morgan fingerprint density at radius 2 is 2.09 bits per heavy atom. The fraction of sp³-hybridized carbons (Fsp3) is 0.571. The maximum atomic E-state index is 11.9. The highest BCUT2D eigenvalue weighted by atomic mass is 16.6. The van der Waals surface area contributed by atoms with E-state index in [1.54, 1.807) is 12.3 Å². The highest BCUT2D eigenvalue weighted by Crippen LogP contribution is 2.28. The van der Waals surface area contributed by atoms with Gasteiger partial charge < -0.3 is 14.5 Å². The third kappa shape index (κ3) is 2.87. The van der Waals surface area contributed by atoms with Crippen molar-refractivity contribution in [1.82, 2.24) is 9.88 Å². The van der Waals surface area contributed by atoms with Gasteiger partial charge in [0.15, 0.2) is 0 Å². The number of carbonyl (C=O) groups is 1. The van der Waals surface area contributed by atoms with Crippen LogP contribution >= 0.6 is 0 Å². The van der Waals surface area contributed by atoms with Crippen molar-refractivity contribution >= 4 is 17.4 Å². The summed E-state index contributed by atoms with van der Waals surface area (Å²) in [6, 6.07) is 3.23. The lowest BCUT2D eigenvalue weighted by molar-refractivity contribution is -0.384. The van der Waals surface area contributed by atoms with Gasteiger partial charge in [0.25, 0.3) is 0 Å². The zero-order valence-electron chi connectivity index (χ0n) is 12.2. The molecule has 0 spiro atoms. The number of pyridine rings is 1. The van der Waals surface area contributed by atoms with Gasteiger partial charge in [-0.15, -0.1) is 0 Å². The van der Waals surface area contributed by atoms with Crippen LogP contribution in [0.4, 0.5) is 11.5 Å². The molecule has 22 heavy (non-hydrogen) atoms. The van der Waals surface area contributed by atoms with Crippen molar-refractivity contribution in [3.05, 3.63) is 28.4 Å². The average Bonchev–Trinajstić information content (AvgIpc) is 2.55. The SMILES string of the molecule is O=C1COCCN1C1CCN(c2ncccc2[N+](=O)[O-])CC1. The Kier molecular flexibility index (Phi) is 4.19. The van der Waals surface area contributed by atoms with E-state index < -0.39 is 4.92 Å². The van der Waals surface area contributed by atoms with E-state index in [1.807, 2.05) is 9.80 Å². The summed E-state index contributed by atoms with van der Waals surface area (Å²) in [6.45, 7) is 2.69. The number of nitro groups is 1. The average molecular weight is 306 g/mol. The van der Waals surface area contributed by atoms with Gasteiger partial charge in [0.2, 0.25) is 11.7 Å². The molecule has 2 aliphatic heterocycles. The van der Waals surface area contributed by atoms with Crippen LogP contribution in [-0.2, 0) is 9.53 Å². The van der Waals surface area contributed by atoms with Crippen LogP contribution in [0.15, 0.2) is 18.3 Å². The van der Waals surface area contributed by atoms with E-state index in [0.29, 0.717) is 32.1 Å². The third-order valence-corrected chi connectivity index (χ3v) is 4.19. The molecule has 1 aromatic heterocycles. The van der Waals surface area contributed by atoms with Crippen molar-refractivity contribution in [1.29, 1.82) is 0 Å². The summed E-state index contributed by atoms with van der Waals surface area (Å²) in [5, 5.41) is 11.1. The molecule has 0 N–H and O–H groups in total. The van der Waals surface area contributed by atoms with Crippen LogP contribution in [0.5, 0.6) is 0 Å². The number of nitrogens with zero attached hydrogens (tertiary/aromatic N) is 4. The molecular weight excluding hydrogens is 288 g/mol. The lowest BCUT2D eigenvalue weighted by Gasteiger charge is -2.40. The number of aromatic nitrogens is 1. The zero-order valence-corrected chi connectivity index (χ0v) is 12.2. The lowest BCUT2D eigenvalue weighted by Crippen LogP contribution is -2.52. The van der Waals surface area contributed by atoms with Crippen LogP contribution in [0.1, 0.15) is 12.8 Å². The van der Waals surface area contributed by atoms with Crippen LogP contribution in [0, 0.1) is 10.1 Å². The number of anilines is 1.